The van der Waals surface area contributed by atoms with E-state index in [1.165, 1.54) is 0 Å². The summed E-state index contributed by atoms with van der Waals surface area (Å²) in [5.41, 5.74) is 8.48. The Morgan fingerprint density at radius 1 is 1.38 bits per heavy atom. The fourth-order valence-electron chi connectivity index (χ4n) is 2.54. The number of nitrogens with two attached hydrogens (primary N) is 1. The minimum Gasteiger partial charge on any atom is -0.508 e. The summed E-state index contributed by atoms with van der Waals surface area (Å²) in [4.78, 5) is 4.10. The summed E-state index contributed by atoms with van der Waals surface area (Å²) in [6.07, 6.45) is 3.37. The zero-order valence-electron chi connectivity index (χ0n) is 11.4. The van der Waals surface area contributed by atoms with Crippen LogP contribution in [0.2, 0.25) is 0 Å². The minimum absolute atomic E-state index is 0.0625. The second-order valence-corrected chi connectivity index (χ2v) is 4.84. The largest absolute Gasteiger partial charge is 0.508 e. The van der Waals surface area contributed by atoms with Crippen LogP contribution in [0.15, 0.2) is 48.1 Å². The van der Waals surface area contributed by atoms with Gasteiger partial charge < -0.3 is 15.6 Å². The number of aromatic nitrogens is 1. The Bertz CT molecular complexity index is 776. The summed E-state index contributed by atoms with van der Waals surface area (Å²) < 4.78 is 5.55. The van der Waals surface area contributed by atoms with Crippen molar-refractivity contribution in [2.45, 2.75) is 12.8 Å². The lowest BCUT2D eigenvalue weighted by Crippen LogP contribution is -2.21. The number of allylic oxidation sites excluding steroid dienone is 1. The zero-order valence-corrected chi connectivity index (χ0v) is 11.4. The lowest BCUT2D eigenvalue weighted by atomic mass is 9.83. The molecule has 1 atom stereocenters. The molecule has 0 fully saturated rings. The summed E-state index contributed by atoms with van der Waals surface area (Å²) in [6, 6.07) is 9.16. The van der Waals surface area contributed by atoms with Crippen LogP contribution in [0.5, 0.6) is 11.5 Å². The average Bonchev–Trinajstić information content (AvgIpc) is 2.51. The molecule has 2 heterocycles. The number of rotatable bonds is 1. The van der Waals surface area contributed by atoms with E-state index in [1.54, 1.807) is 31.5 Å². The molecule has 0 spiro atoms. The molecule has 0 bridgehead atoms. The molecule has 0 saturated heterocycles. The highest BCUT2D eigenvalue weighted by Crippen LogP contribution is 2.45. The van der Waals surface area contributed by atoms with Crippen molar-refractivity contribution in [3.8, 4) is 17.6 Å². The van der Waals surface area contributed by atoms with E-state index in [2.05, 4.69) is 11.1 Å². The molecule has 0 amide bonds. The molecule has 2 aromatic rings. The molecule has 1 aliphatic rings. The van der Waals surface area contributed by atoms with Crippen molar-refractivity contribution in [1.29, 1.82) is 5.26 Å². The van der Waals surface area contributed by atoms with Crippen LogP contribution < -0.4 is 10.5 Å². The van der Waals surface area contributed by atoms with Crippen molar-refractivity contribution in [3.63, 3.8) is 0 Å². The number of hydrogen-bond donors (Lipinski definition) is 2. The maximum atomic E-state index is 9.83. The number of hydrogen-bond acceptors (Lipinski definition) is 5. The van der Waals surface area contributed by atoms with E-state index in [-0.39, 0.29) is 17.6 Å². The van der Waals surface area contributed by atoms with Crippen LogP contribution in [0, 0.1) is 18.3 Å². The molecule has 1 aromatic carbocycles. The fraction of sp³-hybridized carbons (Fsp3) is 0.125. The molecular formula is C16H13N3O2. The quantitative estimate of drug-likeness (QED) is 0.835. The van der Waals surface area contributed by atoms with Crippen LogP contribution in [0.1, 0.15) is 22.6 Å². The topological polar surface area (TPSA) is 92.2 Å². The van der Waals surface area contributed by atoms with Crippen molar-refractivity contribution in [2.75, 3.05) is 0 Å². The fourth-order valence-corrected chi connectivity index (χ4v) is 2.54. The first kappa shape index (κ1) is 13.0. The number of phenolic OH excluding ortho intramolecular Hbond substituents is 1. The SMILES string of the molecule is Cc1c(O)ccc2c1OC(N)=C(C#N)C2c1cccnc1. The predicted octanol–water partition coefficient (Wildman–Crippen LogP) is 2.31. The Hall–Kier alpha value is -3.00. The minimum atomic E-state index is -0.341. The van der Waals surface area contributed by atoms with Gasteiger partial charge in [-0.25, -0.2) is 0 Å². The molecular weight excluding hydrogens is 266 g/mol. The second kappa shape index (κ2) is 4.84. The molecule has 3 rings (SSSR count). The van der Waals surface area contributed by atoms with Gasteiger partial charge in [0.1, 0.15) is 23.1 Å². The van der Waals surface area contributed by atoms with Gasteiger partial charge in [0.15, 0.2) is 0 Å². The van der Waals surface area contributed by atoms with Gasteiger partial charge in [0.2, 0.25) is 5.88 Å². The van der Waals surface area contributed by atoms with Crippen LogP contribution in [0.3, 0.4) is 0 Å². The maximum Gasteiger partial charge on any atom is 0.205 e. The Kier molecular flexibility index (Phi) is 2.99. The van der Waals surface area contributed by atoms with Crippen LogP contribution in [-0.4, -0.2) is 10.1 Å². The van der Waals surface area contributed by atoms with Crippen molar-refractivity contribution in [1.82, 2.24) is 4.98 Å². The normalized spacial score (nSPS) is 16.9. The van der Waals surface area contributed by atoms with Gasteiger partial charge in [-0.15, -0.1) is 0 Å². The van der Waals surface area contributed by atoms with Crippen molar-refractivity contribution in [2.24, 2.45) is 5.73 Å². The first-order valence-electron chi connectivity index (χ1n) is 6.43. The Balaban J connectivity index is 2.27. The summed E-state index contributed by atoms with van der Waals surface area (Å²) in [7, 11) is 0. The highest BCUT2D eigenvalue weighted by molar-refractivity contribution is 5.60. The molecule has 0 radical (unpaired) electrons. The summed E-state index contributed by atoms with van der Waals surface area (Å²) in [5, 5.41) is 19.2. The summed E-state index contributed by atoms with van der Waals surface area (Å²) in [6.45, 7) is 1.75. The van der Waals surface area contributed by atoms with E-state index < -0.39 is 0 Å². The molecule has 21 heavy (non-hydrogen) atoms. The lowest BCUT2D eigenvalue weighted by Gasteiger charge is -2.27. The average molecular weight is 279 g/mol. The van der Waals surface area contributed by atoms with Gasteiger partial charge in [0.25, 0.3) is 0 Å². The highest BCUT2D eigenvalue weighted by Gasteiger charge is 2.32. The first-order chi connectivity index (χ1) is 10.1. The Labute approximate surface area is 121 Å². The van der Waals surface area contributed by atoms with Crippen LogP contribution in [-0.2, 0) is 0 Å². The van der Waals surface area contributed by atoms with E-state index in [9.17, 15) is 10.4 Å². The van der Waals surface area contributed by atoms with Crippen molar-refractivity contribution in [3.05, 3.63) is 64.8 Å². The molecule has 1 unspecified atom stereocenters. The molecule has 1 aromatic heterocycles. The molecule has 104 valence electrons. The van der Waals surface area contributed by atoms with Crippen LogP contribution in [0.4, 0.5) is 0 Å². The third-order valence-electron chi connectivity index (χ3n) is 3.62. The summed E-state index contributed by atoms with van der Waals surface area (Å²) >= 11 is 0. The molecule has 5 heteroatoms. The van der Waals surface area contributed by atoms with E-state index in [4.69, 9.17) is 10.5 Å². The van der Waals surface area contributed by atoms with Gasteiger partial charge >= 0.3 is 0 Å². The van der Waals surface area contributed by atoms with E-state index >= 15 is 0 Å². The maximum absolute atomic E-state index is 9.83. The summed E-state index contributed by atoms with van der Waals surface area (Å²) in [5.74, 6) is 0.353. The van der Waals surface area contributed by atoms with Gasteiger partial charge in [-0.3, -0.25) is 4.98 Å². The number of nitrogens with zero attached hydrogens (tertiary/aromatic N) is 2. The zero-order chi connectivity index (χ0) is 15.0. The second-order valence-electron chi connectivity index (χ2n) is 4.84. The number of pyridine rings is 1. The third-order valence-corrected chi connectivity index (χ3v) is 3.62. The lowest BCUT2D eigenvalue weighted by molar-refractivity contribution is 0.384. The van der Waals surface area contributed by atoms with Crippen LogP contribution in [0.25, 0.3) is 0 Å². The van der Waals surface area contributed by atoms with E-state index in [0.29, 0.717) is 16.9 Å². The number of nitriles is 1. The van der Waals surface area contributed by atoms with Crippen molar-refractivity contribution >= 4 is 0 Å². The third kappa shape index (κ3) is 1.98. The Morgan fingerprint density at radius 2 is 2.19 bits per heavy atom. The van der Waals surface area contributed by atoms with Gasteiger partial charge in [-0.1, -0.05) is 12.1 Å². The first-order valence-corrected chi connectivity index (χ1v) is 6.43. The van der Waals surface area contributed by atoms with E-state index in [0.717, 1.165) is 11.1 Å². The Morgan fingerprint density at radius 3 is 2.86 bits per heavy atom. The van der Waals surface area contributed by atoms with Gasteiger partial charge in [-0.2, -0.15) is 5.26 Å². The van der Waals surface area contributed by atoms with Crippen LogP contribution >= 0.6 is 0 Å². The van der Waals surface area contributed by atoms with Gasteiger partial charge in [0, 0.05) is 23.5 Å². The molecule has 1 aliphatic heterocycles. The van der Waals surface area contributed by atoms with Gasteiger partial charge in [0.05, 0.1) is 5.92 Å². The smallest absolute Gasteiger partial charge is 0.205 e. The molecule has 3 N–H and O–H groups in total. The number of ether oxygens (including phenoxy) is 1. The number of aromatic hydroxyl groups is 1. The van der Waals surface area contributed by atoms with Gasteiger partial charge in [-0.05, 0) is 24.6 Å². The standard InChI is InChI=1S/C16H13N3O2/c1-9-13(20)5-4-11-14(10-3-2-6-19-8-10)12(7-17)16(18)21-15(9)11/h2-6,8,14,20H,18H2,1H3. The number of phenols is 1. The van der Waals surface area contributed by atoms with E-state index in [1.807, 2.05) is 12.1 Å². The highest BCUT2D eigenvalue weighted by atomic mass is 16.5. The number of benzene rings is 1. The predicted molar refractivity (Wildman–Crippen MR) is 76.4 cm³/mol. The molecule has 0 saturated carbocycles. The number of fused-ring (bicyclic) bond motifs is 1. The molecule has 0 aliphatic carbocycles. The monoisotopic (exact) mass is 279 g/mol. The van der Waals surface area contributed by atoms with Crippen molar-refractivity contribution < 1.29 is 9.84 Å². The molecule has 5 nitrogen and oxygen atoms in total.